The molecule has 1 saturated carbocycles. The molecular formula is C24H19Cl2F2NO5S. The quantitative estimate of drug-likeness (QED) is 0.357. The Bertz CT molecular complexity index is 1360. The average Bonchev–Trinajstić information content (AvgIpc) is 3.59. The largest absolute Gasteiger partial charge is 0.480 e. The summed E-state index contributed by atoms with van der Waals surface area (Å²) >= 11 is 12.5. The van der Waals surface area contributed by atoms with Gasteiger partial charge in [0.25, 0.3) is 0 Å². The highest BCUT2D eigenvalue weighted by Gasteiger charge is 2.55. The summed E-state index contributed by atoms with van der Waals surface area (Å²) in [6, 6.07) is 16.6. The molecule has 3 aromatic carbocycles. The van der Waals surface area contributed by atoms with Gasteiger partial charge in [-0.05, 0) is 84.1 Å². The van der Waals surface area contributed by atoms with Crippen LogP contribution in [0.5, 0.6) is 5.75 Å². The number of nitrogens with zero attached hydrogens (tertiary/aromatic N) is 1. The first-order valence-corrected chi connectivity index (χ1v) is 12.6. The zero-order valence-electron chi connectivity index (χ0n) is 18.0. The van der Waals surface area contributed by atoms with Crippen LogP contribution in [-0.2, 0) is 20.4 Å². The fourth-order valence-electron chi connectivity index (χ4n) is 4.00. The van der Waals surface area contributed by atoms with Gasteiger partial charge in [0.1, 0.15) is 12.3 Å². The molecule has 6 nitrogen and oxygen atoms in total. The van der Waals surface area contributed by atoms with Gasteiger partial charge < -0.3 is 9.84 Å². The molecule has 0 heterocycles. The number of rotatable bonds is 9. The van der Waals surface area contributed by atoms with Gasteiger partial charge in [-0.3, -0.25) is 4.79 Å². The standard InChI is InChI=1S/C24H19Cl2F2NO5S/c25-18-3-1-2-15(11-18)16-10-17(13-19(26)12-16)24(8-9-24)29(14-22(30)31)35(32,33)21-6-4-20(5-7-21)34-23(27)28/h1-7,10-13,23H,8-9,14H2,(H,30,31). The summed E-state index contributed by atoms with van der Waals surface area (Å²) in [4.78, 5) is 11.5. The highest BCUT2D eigenvalue weighted by Crippen LogP contribution is 2.54. The maximum absolute atomic E-state index is 13.6. The normalized spacial score (nSPS) is 14.8. The summed E-state index contributed by atoms with van der Waals surface area (Å²) in [6.07, 6.45) is 0.753. The number of ether oxygens (including phenoxy) is 1. The van der Waals surface area contributed by atoms with Crippen LogP contribution in [0.1, 0.15) is 18.4 Å². The summed E-state index contributed by atoms with van der Waals surface area (Å²) in [6.45, 7) is -3.86. The Balaban J connectivity index is 1.77. The van der Waals surface area contributed by atoms with Crippen molar-refractivity contribution in [1.82, 2.24) is 4.31 Å². The van der Waals surface area contributed by atoms with Gasteiger partial charge in [0, 0.05) is 10.0 Å². The number of benzene rings is 3. The van der Waals surface area contributed by atoms with E-state index in [0.29, 0.717) is 34.0 Å². The Morgan fingerprint density at radius 2 is 1.66 bits per heavy atom. The Hall–Kier alpha value is -2.72. The molecule has 1 fully saturated rings. The lowest BCUT2D eigenvalue weighted by atomic mass is 9.98. The van der Waals surface area contributed by atoms with Gasteiger partial charge in [-0.2, -0.15) is 13.1 Å². The van der Waals surface area contributed by atoms with Crippen LogP contribution in [0.2, 0.25) is 10.0 Å². The van der Waals surface area contributed by atoms with Gasteiger partial charge in [-0.15, -0.1) is 0 Å². The zero-order valence-corrected chi connectivity index (χ0v) is 20.3. The summed E-state index contributed by atoms with van der Waals surface area (Å²) in [7, 11) is -4.34. The monoisotopic (exact) mass is 541 g/mol. The van der Waals surface area contributed by atoms with E-state index in [9.17, 15) is 27.1 Å². The number of hydrogen-bond acceptors (Lipinski definition) is 4. The van der Waals surface area contributed by atoms with E-state index in [1.807, 2.05) is 6.07 Å². The SMILES string of the molecule is O=C(O)CN(C1(c2cc(Cl)cc(-c3cccc(Cl)c3)c2)CC1)S(=O)(=O)c1ccc(OC(F)F)cc1. The van der Waals surface area contributed by atoms with Gasteiger partial charge in [0.05, 0.1) is 10.4 Å². The molecule has 0 amide bonds. The Morgan fingerprint density at radius 1 is 1.00 bits per heavy atom. The van der Waals surface area contributed by atoms with Gasteiger partial charge in [-0.25, -0.2) is 8.42 Å². The molecule has 11 heteroatoms. The van der Waals surface area contributed by atoms with Crippen molar-refractivity contribution in [1.29, 1.82) is 0 Å². The molecule has 3 aromatic rings. The van der Waals surface area contributed by atoms with Crippen molar-refractivity contribution >= 4 is 39.2 Å². The number of sulfonamides is 1. The first kappa shape index (κ1) is 25.4. The van der Waals surface area contributed by atoms with E-state index in [1.54, 1.807) is 36.4 Å². The second-order valence-corrected chi connectivity index (χ2v) is 10.8. The number of aliphatic carboxylic acids is 1. The van der Waals surface area contributed by atoms with E-state index in [1.165, 1.54) is 0 Å². The van der Waals surface area contributed by atoms with E-state index < -0.39 is 34.7 Å². The third-order valence-corrected chi connectivity index (χ3v) is 8.09. The zero-order chi connectivity index (χ0) is 25.4. The van der Waals surface area contributed by atoms with Crippen LogP contribution in [0, 0.1) is 0 Å². The van der Waals surface area contributed by atoms with E-state index >= 15 is 0 Å². The molecule has 184 valence electrons. The van der Waals surface area contributed by atoms with E-state index in [0.717, 1.165) is 34.1 Å². The smallest absolute Gasteiger partial charge is 0.387 e. The Labute approximate surface area is 210 Å². The maximum Gasteiger partial charge on any atom is 0.387 e. The Morgan fingerprint density at radius 3 is 2.23 bits per heavy atom. The molecule has 1 N–H and O–H groups in total. The minimum absolute atomic E-state index is 0.217. The fourth-order valence-corrected chi connectivity index (χ4v) is 6.19. The van der Waals surface area contributed by atoms with Crippen LogP contribution in [-0.4, -0.2) is 37.0 Å². The van der Waals surface area contributed by atoms with E-state index in [2.05, 4.69) is 4.74 Å². The van der Waals surface area contributed by atoms with Crippen molar-refractivity contribution < 1.29 is 31.8 Å². The van der Waals surface area contributed by atoms with Crippen LogP contribution in [0.25, 0.3) is 11.1 Å². The van der Waals surface area contributed by atoms with Crippen LogP contribution in [0.3, 0.4) is 0 Å². The molecule has 0 radical (unpaired) electrons. The second kappa shape index (κ2) is 9.73. The third-order valence-electron chi connectivity index (χ3n) is 5.71. The van der Waals surface area contributed by atoms with Crippen molar-refractivity contribution in [2.75, 3.05) is 6.54 Å². The highest BCUT2D eigenvalue weighted by molar-refractivity contribution is 7.89. The maximum atomic E-state index is 13.6. The number of carboxylic acid groups (broad SMARTS) is 1. The third kappa shape index (κ3) is 5.43. The lowest BCUT2D eigenvalue weighted by Gasteiger charge is -2.31. The lowest BCUT2D eigenvalue weighted by molar-refractivity contribution is -0.137. The van der Waals surface area contributed by atoms with Crippen LogP contribution < -0.4 is 4.74 Å². The molecule has 4 rings (SSSR count). The predicted molar refractivity (Wildman–Crippen MR) is 127 cm³/mol. The molecule has 1 aliphatic carbocycles. The minimum atomic E-state index is -4.34. The number of hydrogen-bond donors (Lipinski definition) is 1. The molecule has 0 atom stereocenters. The number of halogens is 4. The molecule has 0 aromatic heterocycles. The van der Waals surface area contributed by atoms with E-state index in [4.69, 9.17) is 23.2 Å². The number of carboxylic acids is 1. The highest BCUT2D eigenvalue weighted by atomic mass is 35.5. The summed E-state index contributed by atoms with van der Waals surface area (Å²) in [5, 5.41) is 10.4. The molecule has 0 spiro atoms. The molecule has 0 bridgehead atoms. The second-order valence-electron chi connectivity index (χ2n) is 8.03. The van der Waals surface area contributed by atoms with Crippen molar-refractivity contribution in [3.05, 3.63) is 82.3 Å². The van der Waals surface area contributed by atoms with Gasteiger partial charge >= 0.3 is 12.6 Å². The first-order chi connectivity index (χ1) is 16.5. The lowest BCUT2D eigenvalue weighted by Crippen LogP contribution is -2.43. The average molecular weight is 542 g/mol. The molecule has 0 aliphatic heterocycles. The van der Waals surface area contributed by atoms with Gasteiger partial charge in [0.2, 0.25) is 10.0 Å². The van der Waals surface area contributed by atoms with Crippen molar-refractivity contribution in [2.45, 2.75) is 29.9 Å². The predicted octanol–water partition coefficient (Wildman–Crippen LogP) is 6.03. The van der Waals surface area contributed by atoms with Crippen molar-refractivity contribution in [3.8, 4) is 16.9 Å². The van der Waals surface area contributed by atoms with Crippen LogP contribution >= 0.6 is 23.2 Å². The Kier molecular flexibility index (Phi) is 7.06. The van der Waals surface area contributed by atoms with E-state index in [-0.39, 0.29) is 10.6 Å². The summed E-state index contributed by atoms with van der Waals surface area (Å²) in [5.41, 5.74) is 0.873. The van der Waals surface area contributed by atoms with Gasteiger partial charge in [0.15, 0.2) is 0 Å². The molecular weight excluding hydrogens is 523 g/mol. The fraction of sp³-hybridized carbons (Fsp3) is 0.208. The minimum Gasteiger partial charge on any atom is -0.480 e. The topological polar surface area (TPSA) is 83.9 Å². The molecule has 0 unspecified atom stereocenters. The number of alkyl halides is 2. The van der Waals surface area contributed by atoms with Crippen LogP contribution in [0.4, 0.5) is 8.78 Å². The van der Waals surface area contributed by atoms with Crippen molar-refractivity contribution in [2.24, 2.45) is 0 Å². The van der Waals surface area contributed by atoms with Crippen LogP contribution in [0.15, 0.2) is 71.6 Å². The molecule has 1 aliphatic rings. The number of carbonyl (C=O) groups is 1. The first-order valence-electron chi connectivity index (χ1n) is 10.4. The van der Waals surface area contributed by atoms with Gasteiger partial charge in [-0.1, -0.05) is 35.3 Å². The summed E-state index contributed by atoms with van der Waals surface area (Å²) < 4.78 is 57.3. The molecule has 35 heavy (non-hydrogen) atoms. The summed E-state index contributed by atoms with van der Waals surface area (Å²) in [5.74, 6) is -1.56. The van der Waals surface area contributed by atoms with Crippen molar-refractivity contribution in [3.63, 3.8) is 0 Å². The molecule has 0 saturated heterocycles.